The van der Waals surface area contributed by atoms with Crippen molar-refractivity contribution in [3.8, 4) is 0 Å². The maximum Gasteiger partial charge on any atom is 0.258 e. The third-order valence-electron chi connectivity index (χ3n) is 6.77. The van der Waals surface area contributed by atoms with Crippen LogP contribution in [0.3, 0.4) is 0 Å². The van der Waals surface area contributed by atoms with Gasteiger partial charge in [0, 0.05) is 5.39 Å². The second kappa shape index (κ2) is 7.92. The minimum Gasteiger partial charge on any atom is -0.370 e. The summed E-state index contributed by atoms with van der Waals surface area (Å²) in [4.78, 5) is 17.8. The highest BCUT2D eigenvalue weighted by molar-refractivity contribution is 5.85. The second-order valence-electron chi connectivity index (χ2n) is 8.67. The van der Waals surface area contributed by atoms with E-state index in [0.29, 0.717) is 19.3 Å². The monoisotopic (exact) mass is 409 g/mol. The molecule has 2 aromatic heterocycles. The van der Waals surface area contributed by atoms with Crippen molar-refractivity contribution in [1.82, 2.24) is 25.2 Å². The Bertz CT molecular complexity index is 1110. The highest BCUT2D eigenvalue weighted by Crippen LogP contribution is 2.31. The first-order chi connectivity index (χ1) is 14.6. The van der Waals surface area contributed by atoms with Gasteiger partial charge in [0.25, 0.3) is 5.56 Å². The topological polar surface area (TPSA) is 90.1 Å². The van der Waals surface area contributed by atoms with E-state index in [9.17, 15) is 4.79 Å². The summed E-state index contributed by atoms with van der Waals surface area (Å²) < 4.78 is 7.60. The number of hydrogen-bond acceptors (Lipinski definition) is 5. The predicted molar refractivity (Wildman–Crippen MR) is 113 cm³/mol. The standard InChI is InChI=1S/C22H28N6O2/c1-14-7-8-15(2)19-17(14)13-18(22(29)23-19)20(27-9-11-30-12-10-27)21-24-25-26-28(21)16-5-3-4-6-16/h7-8,13,16,20H,3-6,9-12H2,1-2H3,(H,23,29)/p+1/t20-/m1/s1. The van der Waals surface area contributed by atoms with Gasteiger partial charge in [-0.2, -0.15) is 0 Å². The van der Waals surface area contributed by atoms with E-state index in [4.69, 9.17) is 4.74 Å². The molecule has 1 aliphatic heterocycles. The number of H-pyrrole nitrogens is 1. The van der Waals surface area contributed by atoms with Crippen LogP contribution in [-0.4, -0.2) is 51.5 Å². The molecule has 1 saturated carbocycles. The summed E-state index contributed by atoms with van der Waals surface area (Å²) in [6.07, 6.45) is 4.59. The van der Waals surface area contributed by atoms with Crippen LogP contribution in [0.5, 0.6) is 0 Å². The van der Waals surface area contributed by atoms with Crippen LogP contribution in [0.25, 0.3) is 10.9 Å². The van der Waals surface area contributed by atoms with Gasteiger partial charge in [-0.05, 0) is 54.3 Å². The summed E-state index contributed by atoms with van der Waals surface area (Å²) >= 11 is 0. The number of benzene rings is 1. The summed E-state index contributed by atoms with van der Waals surface area (Å²) in [6, 6.07) is 6.34. The third kappa shape index (κ3) is 3.33. The number of tetrazole rings is 1. The van der Waals surface area contributed by atoms with Gasteiger partial charge in [-0.3, -0.25) is 4.79 Å². The first-order valence-corrected chi connectivity index (χ1v) is 11.0. The van der Waals surface area contributed by atoms with Crippen LogP contribution >= 0.6 is 0 Å². The van der Waals surface area contributed by atoms with Crippen molar-refractivity contribution in [1.29, 1.82) is 0 Å². The SMILES string of the molecule is Cc1ccc(C)c2[nH]c(=O)c([C@H](c3nnnn3C3CCCC3)[NH+]3CCOCC3)cc12. The largest absolute Gasteiger partial charge is 0.370 e. The molecule has 2 N–H and O–H groups in total. The van der Waals surface area contributed by atoms with E-state index in [1.54, 1.807) is 0 Å². The Labute approximate surface area is 175 Å². The van der Waals surface area contributed by atoms with Gasteiger partial charge >= 0.3 is 0 Å². The van der Waals surface area contributed by atoms with Crippen LogP contribution in [0.1, 0.15) is 60.3 Å². The van der Waals surface area contributed by atoms with E-state index in [-0.39, 0.29) is 11.6 Å². The number of nitrogens with zero attached hydrogens (tertiary/aromatic N) is 4. The van der Waals surface area contributed by atoms with Gasteiger partial charge in [0.15, 0.2) is 6.04 Å². The van der Waals surface area contributed by atoms with Gasteiger partial charge in [-0.15, -0.1) is 5.10 Å². The van der Waals surface area contributed by atoms with Crippen molar-refractivity contribution in [2.24, 2.45) is 0 Å². The first-order valence-electron chi connectivity index (χ1n) is 11.0. The molecule has 0 bridgehead atoms. The number of aromatic nitrogens is 5. The molecule has 2 aliphatic rings. The highest BCUT2D eigenvalue weighted by atomic mass is 16.5. The van der Waals surface area contributed by atoms with Crippen LogP contribution in [-0.2, 0) is 4.74 Å². The molecular formula is C22H29N6O2+. The van der Waals surface area contributed by atoms with E-state index in [0.717, 1.165) is 59.3 Å². The van der Waals surface area contributed by atoms with Crippen LogP contribution in [0.2, 0.25) is 0 Å². The molecule has 0 radical (unpaired) electrons. The van der Waals surface area contributed by atoms with Crippen molar-refractivity contribution in [3.05, 3.63) is 51.1 Å². The molecule has 3 aromatic rings. The Kier molecular flexibility index (Phi) is 5.12. The molecule has 1 atom stereocenters. The lowest BCUT2D eigenvalue weighted by Crippen LogP contribution is -3.14. The maximum absolute atomic E-state index is 13.3. The molecule has 0 spiro atoms. The Morgan fingerprint density at radius 1 is 1.17 bits per heavy atom. The number of nitrogens with one attached hydrogen (secondary N) is 2. The predicted octanol–water partition coefficient (Wildman–Crippen LogP) is 1.25. The molecule has 1 aromatic carbocycles. The van der Waals surface area contributed by atoms with Gasteiger partial charge in [-0.1, -0.05) is 25.0 Å². The molecule has 3 heterocycles. The number of ether oxygens (including phenoxy) is 1. The minimum absolute atomic E-state index is 0.0545. The summed E-state index contributed by atoms with van der Waals surface area (Å²) in [7, 11) is 0. The van der Waals surface area contributed by atoms with Crippen LogP contribution in [0.4, 0.5) is 0 Å². The smallest absolute Gasteiger partial charge is 0.258 e. The normalized spacial score (nSPS) is 19.5. The average molecular weight is 410 g/mol. The van der Waals surface area contributed by atoms with E-state index in [1.807, 2.05) is 11.6 Å². The first kappa shape index (κ1) is 19.4. The van der Waals surface area contributed by atoms with Crippen LogP contribution < -0.4 is 10.5 Å². The van der Waals surface area contributed by atoms with Crippen LogP contribution in [0.15, 0.2) is 23.0 Å². The van der Waals surface area contributed by atoms with Gasteiger partial charge in [-0.25, -0.2) is 4.68 Å². The maximum atomic E-state index is 13.3. The molecule has 8 nitrogen and oxygen atoms in total. The average Bonchev–Trinajstić information content (AvgIpc) is 3.45. The van der Waals surface area contributed by atoms with E-state index < -0.39 is 0 Å². The molecule has 0 unspecified atom stereocenters. The Morgan fingerprint density at radius 3 is 2.67 bits per heavy atom. The van der Waals surface area contributed by atoms with Crippen LogP contribution in [0, 0.1) is 13.8 Å². The van der Waals surface area contributed by atoms with Gasteiger partial charge in [0.2, 0.25) is 5.82 Å². The van der Waals surface area contributed by atoms with Crippen molar-refractivity contribution in [2.45, 2.75) is 51.6 Å². The lowest BCUT2D eigenvalue weighted by atomic mass is 9.99. The lowest BCUT2D eigenvalue weighted by molar-refractivity contribution is -0.933. The number of aryl methyl sites for hydroxylation is 2. The van der Waals surface area contributed by atoms with Crippen molar-refractivity contribution in [2.75, 3.05) is 26.3 Å². The molecule has 158 valence electrons. The molecule has 2 fully saturated rings. The van der Waals surface area contributed by atoms with Gasteiger partial charge in [0.1, 0.15) is 13.1 Å². The molecule has 1 aliphatic carbocycles. The number of rotatable bonds is 4. The zero-order valence-corrected chi connectivity index (χ0v) is 17.6. The summed E-state index contributed by atoms with van der Waals surface area (Å²) in [5.41, 5.74) is 3.82. The van der Waals surface area contributed by atoms with Crippen molar-refractivity contribution < 1.29 is 9.64 Å². The quantitative estimate of drug-likeness (QED) is 0.677. The summed E-state index contributed by atoms with van der Waals surface area (Å²) in [5, 5.41) is 13.9. The number of pyridine rings is 1. The third-order valence-corrected chi connectivity index (χ3v) is 6.77. The lowest BCUT2D eigenvalue weighted by Gasteiger charge is -2.31. The van der Waals surface area contributed by atoms with Crippen molar-refractivity contribution >= 4 is 10.9 Å². The number of morpholine rings is 1. The number of hydrogen-bond donors (Lipinski definition) is 2. The molecule has 8 heteroatoms. The fourth-order valence-corrected chi connectivity index (χ4v) is 5.07. The number of aromatic amines is 1. The molecule has 5 rings (SSSR count). The molecule has 30 heavy (non-hydrogen) atoms. The highest BCUT2D eigenvalue weighted by Gasteiger charge is 2.37. The number of quaternary nitrogens is 1. The molecular weight excluding hydrogens is 380 g/mol. The Balaban J connectivity index is 1.68. The van der Waals surface area contributed by atoms with E-state index in [2.05, 4.69) is 45.6 Å². The molecule has 0 amide bonds. The van der Waals surface area contributed by atoms with Gasteiger partial charge in [0.05, 0.1) is 30.3 Å². The van der Waals surface area contributed by atoms with E-state index in [1.165, 1.54) is 17.7 Å². The summed E-state index contributed by atoms with van der Waals surface area (Å²) in [5.74, 6) is 0.800. The minimum atomic E-state index is -0.211. The zero-order valence-electron chi connectivity index (χ0n) is 17.6. The zero-order chi connectivity index (χ0) is 20.7. The Morgan fingerprint density at radius 2 is 1.90 bits per heavy atom. The van der Waals surface area contributed by atoms with Gasteiger partial charge < -0.3 is 14.6 Å². The fraction of sp³-hybridized carbons (Fsp3) is 0.545. The van der Waals surface area contributed by atoms with E-state index >= 15 is 0 Å². The van der Waals surface area contributed by atoms with Crippen molar-refractivity contribution in [3.63, 3.8) is 0 Å². The second-order valence-corrected chi connectivity index (χ2v) is 8.67. The summed E-state index contributed by atoms with van der Waals surface area (Å²) in [6.45, 7) is 7.13. The Hall–Kier alpha value is -2.58. The molecule has 1 saturated heterocycles. The fourth-order valence-electron chi connectivity index (χ4n) is 5.07. The number of fused-ring (bicyclic) bond motifs is 1.